The maximum absolute atomic E-state index is 10.9. The summed E-state index contributed by atoms with van der Waals surface area (Å²) >= 11 is 5.54. The Morgan fingerprint density at radius 2 is 1.77 bits per heavy atom. The smallest absolute Gasteiger partial charge is 0.337 e. The lowest BCUT2D eigenvalue weighted by atomic mass is 10.4. The average molecular weight is 207 g/mol. The molecule has 1 unspecified atom stereocenters. The molecule has 1 atom stereocenters. The highest BCUT2D eigenvalue weighted by Gasteiger charge is 2.29. The molecule has 0 amide bonds. The monoisotopic (exact) mass is 206 g/mol. The summed E-state index contributed by atoms with van der Waals surface area (Å²) in [5.41, 5.74) is 0.180. The van der Waals surface area contributed by atoms with Gasteiger partial charge in [0.05, 0.1) is 0 Å². The lowest BCUT2D eigenvalue weighted by Crippen LogP contribution is -2.30. The maximum atomic E-state index is 10.9. The van der Waals surface area contributed by atoms with Gasteiger partial charge >= 0.3 is 17.2 Å². The van der Waals surface area contributed by atoms with Gasteiger partial charge in [0, 0.05) is 19.4 Å². The van der Waals surface area contributed by atoms with Crippen LogP contribution in [0.25, 0.3) is 0 Å². The van der Waals surface area contributed by atoms with Crippen molar-refractivity contribution in [2.24, 2.45) is 0 Å². The lowest BCUT2D eigenvalue weighted by molar-refractivity contribution is -0.191. The molecule has 0 radical (unpaired) electrons. The van der Waals surface area contributed by atoms with Gasteiger partial charge in [-0.05, 0) is 18.5 Å². The highest BCUT2D eigenvalue weighted by atomic mass is 35.5. The molecule has 0 rings (SSSR count). The predicted molar refractivity (Wildman–Crippen MR) is 46.9 cm³/mol. The maximum Gasteiger partial charge on any atom is 0.337 e. The molecule has 0 aromatic heterocycles. The van der Waals surface area contributed by atoms with E-state index >= 15 is 0 Å². The summed E-state index contributed by atoms with van der Waals surface area (Å²) in [7, 11) is 0. The van der Waals surface area contributed by atoms with Crippen LogP contribution in [0, 0.1) is 0 Å². The van der Waals surface area contributed by atoms with E-state index in [4.69, 9.17) is 11.6 Å². The Hall–Kier alpha value is -1.03. The molecular formula is C8H11ClO4. The van der Waals surface area contributed by atoms with Crippen LogP contribution in [-0.2, 0) is 19.1 Å². The van der Waals surface area contributed by atoms with Gasteiger partial charge in [-0.25, -0.2) is 4.79 Å². The third kappa shape index (κ3) is 5.25. The van der Waals surface area contributed by atoms with Crippen molar-refractivity contribution in [3.8, 4) is 0 Å². The number of hydrogen-bond acceptors (Lipinski definition) is 4. The Kier molecular flexibility index (Phi) is 3.94. The first-order valence-electron chi connectivity index (χ1n) is 3.52. The highest BCUT2D eigenvalue weighted by Crippen LogP contribution is 2.19. The summed E-state index contributed by atoms with van der Waals surface area (Å²) in [5.74, 6) is -1.34. The topological polar surface area (TPSA) is 52.6 Å². The fourth-order valence-electron chi connectivity index (χ4n) is 0.530. The number of hydrogen-bond donors (Lipinski definition) is 0. The number of esters is 2. The standard InChI is InChI=1S/C8H11ClO4/c1-5(2)7(11)13-8(4,9)12-6(3)10/h1H2,2-4H3. The molecule has 0 saturated heterocycles. The first-order chi connectivity index (χ1) is 5.74. The minimum absolute atomic E-state index is 0.180. The van der Waals surface area contributed by atoms with Crippen LogP contribution in [0.4, 0.5) is 0 Å². The van der Waals surface area contributed by atoms with Crippen molar-refractivity contribution < 1.29 is 19.1 Å². The van der Waals surface area contributed by atoms with E-state index < -0.39 is 17.2 Å². The summed E-state index contributed by atoms with van der Waals surface area (Å²) < 4.78 is 9.09. The zero-order valence-electron chi connectivity index (χ0n) is 7.72. The fourth-order valence-corrected chi connectivity index (χ4v) is 0.709. The molecule has 0 aliphatic carbocycles. The van der Waals surface area contributed by atoms with E-state index in [1.165, 1.54) is 13.8 Å². The first-order valence-corrected chi connectivity index (χ1v) is 3.90. The minimum Gasteiger partial charge on any atom is -0.409 e. The van der Waals surface area contributed by atoms with Gasteiger partial charge in [-0.1, -0.05) is 6.58 Å². The number of halogens is 1. The molecule has 0 bridgehead atoms. The van der Waals surface area contributed by atoms with Crippen LogP contribution >= 0.6 is 11.6 Å². The zero-order chi connectivity index (χ0) is 10.6. The van der Waals surface area contributed by atoms with Crippen molar-refractivity contribution in [2.75, 3.05) is 0 Å². The third-order valence-corrected chi connectivity index (χ3v) is 1.10. The Morgan fingerprint density at radius 3 is 2.08 bits per heavy atom. The molecule has 0 saturated carbocycles. The second-order valence-corrected chi connectivity index (χ2v) is 3.28. The number of carbonyl (C=O) groups is 2. The van der Waals surface area contributed by atoms with Crippen LogP contribution in [0.1, 0.15) is 20.8 Å². The van der Waals surface area contributed by atoms with E-state index in [0.717, 1.165) is 6.92 Å². The molecule has 0 aromatic rings. The summed E-state index contributed by atoms with van der Waals surface area (Å²) in [4.78, 5) is 21.4. The van der Waals surface area contributed by atoms with Gasteiger partial charge in [0.1, 0.15) is 0 Å². The molecule has 4 nitrogen and oxygen atoms in total. The van der Waals surface area contributed by atoms with Gasteiger partial charge in [0.2, 0.25) is 0 Å². The highest BCUT2D eigenvalue weighted by molar-refractivity contribution is 6.22. The molecule has 0 aliphatic rings. The SMILES string of the molecule is C=C(C)C(=O)OC(C)(Cl)OC(C)=O. The third-order valence-electron chi connectivity index (χ3n) is 0.949. The Labute approximate surface area is 81.5 Å². The number of carbonyl (C=O) groups excluding carboxylic acids is 2. The van der Waals surface area contributed by atoms with E-state index in [-0.39, 0.29) is 5.57 Å². The van der Waals surface area contributed by atoms with Crippen LogP contribution in [0.5, 0.6) is 0 Å². The first kappa shape index (κ1) is 12.0. The quantitative estimate of drug-likeness (QED) is 0.305. The molecule has 13 heavy (non-hydrogen) atoms. The van der Waals surface area contributed by atoms with Gasteiger partial charge in [0.15, 0.2) is 0 Å². The second-order valence-electron chi connectivity index (χ2n) is 2.60. The van der Waals surface area contributed by atoms with Crippen molar-refractivity contribution in [1.29, 1.82) is 0 Å². The second kappa shape index (κ2) is 4.28. The zero-order valence-corrected chi connectivity index (χ0v) is 8.47. The van der Waals surface area contributed by atoms with Gasteiger partial charge < -0.3 is 9.47 Å². The van der Waals surface area contributed by atoms with E-state index in [2.05, 4.69) is 16.1 Å². The molecule has 5 heteroatoms. The normalized spacial score (nSPS) is 14.2. The minimum atomic E-state index is -1.76. The molecule has 0 N–H and O–H groups in total. The van der Waals surface area contributed by atoms with Crippen LogP contribution in [0.15, 0.2) is 12.2 Å². The van der Waals surface area contributed by atoms with Crippen LogP contribution < -0.4 is 0 Å². The number of ether oxygens (including phenoxy) is 2. The molecule has 74 valence electrons. The summed E-state index contributed by atoms with van der Waals surface area (Å²) in [6.45, 7) is 7.21. The van der Waals surface area contributed by atoms with Gasteiger partial charge in [-0.2, -0.15) is 0 Å². The van der Waals surface area contributed by atoms with Crippen molar-refractivity contribution in [1.82, 2.24) is 0 Å². The summed E-state index contributed by atoms with van der Waals surface area (Å²) in [6, 6.07) is 0. The van der Waals surface area contributed by atoms with Crippen LogP contribution in [0.2, 0.25) is 0 Å². The van der Waals surface area contributed by atoms with Gasteiger partial charge in [-0.3, -0.25) is 4.79 Å². The fraction of sp³-hybridized carbons (Fsp3) is 0.500. The van der Waals surface area contributed by atoms with Crippen molar-refractivity contribution in [2.45, 2.75) is 26.0 Å². The van der Waals surface area contributed by atoms with Crippen LogP contribution in [0.3, 0.4) is 0 Å². The van der Waals surface area contributed by atoms with Crippen molar-refractivity contribution >= 4 is 23.5 Å². The Morgan fingerprint density at radius 1 is 1.31 bits per heavy atom. The Balaban J connectivity index is 4.24. The molecule has 0 aliphatic heterocycles. The molecule has 0 spiro atoms. The largest absolute Gasteiger partial charge is 0.409 e. The summed E-state index contributed by atoms with van der Waals surface area (Å²) in [6.07, 6.45) is 0. The number of rotatable bonds is 3. The van der Waals surface area contributed by atoms with E-state index in [0.29, 0.717) is 0 Å². The van der Waals surface area contributed by atoms with Crippen molar-refractivity contribution in [3.63, 3.8) is 0 Å². The van der Waals surface area contributed by atoms with Gasteiger partial charge in [-0.15, -0.1) is 0 Å². The van der Waals surface area contributed by atoms with E-state index in [1.54, 1.807) is 0 Å². The lowest BCUT2D eigenvalue weighted by Gasteiger charge is -2.21. The molecule has 0 aromatic carbocycles. The van der Waals surface area contributed by atoms with Crippen LogP contribution in [-0.4, -0.2) is 17.2 Å². The predicted octanol–water partition coefficient (Wildman–Crippen LogP) is 1.58. The molecule has 0 heterocycles. The molecule has 0 fully saturated rings. The average Bonchev–Trinajstić information content (AvgIpc) is 1.81. The number of alkyl halides is 1. The summed E-state index contributed by atoms with van der Waals surface area (Å²) in [5, 5.41) is -1.76. The van der Waals surface area contributed by atoms with E-state index in [1.807, 2.05) is 0 Å². The Bertz CT molecular complexity index is 245. The molecular weight excluding hydrogens is 196 g/mol. The van der Waals surface area contributed by atoms with E-state index in [9.17, 15) is 9.59 Å². The van der Waals surface area contributed by atoms with Crippen molar-refractivity contribution in [3.05, 3.63) is 12.2 Å². The van der Waals surface area contributed by atoms with Gasteiger partial charge in [0.25, 0.3) is 0 Å².